The van der Waals surface area contributed by atoms with Gasteiger partial charge in [-0.15, -0.1) is 0 Å². The van der Waals surface area contributed by atoms with Gasteiger partial charge in [0.15, 0.2) is 0 Å². The van der Waals surface area contributed by atoms with Crippen molar-refractivity contribution in [1.82, 2.24) is 15.1 Å². The Morgan fingerprint density at radius 2 is 1.71 bits per heavy atom. The fourth-order valence-electron chi connectivity index (χ4n) is 5.09. The van der Waals surface area contributed by atoms with Crippen molar-refractivity contribution in [2.75, 3.05) is 11.9 Å². The van der Waals surface area contributed by atoms with E-state index < -0.39 is 18.0 Å². The fraction of sp³-hybridized carbons (Fsp3) is 0.308. The molecule has 0 radical (unpaired) electrons. The van der Waals surface area contributed by atoms with Crippen molar-refractivity contribution < 1.29 is 24.2 Å². The highest BCUT2D eigenvalue weighted by atomic mass is 16.5. The first-order valence-corrected chi connectivity index (χ1v) is 11.7. The molecule has 1 fully saturated rings. The summed E-state index contributed by atoms with van der Waals surface area (Å²) >= 11 is 0. The molecule has 3 N–H and O–H groups in total. The molecule has 9 nitrogen and oxygen atoms in total. The number of hydrogen-bond donors (Lipinski definition) is 3. The van der Waals surface area contributed by atoms with Crippen LogP contribution >= 0.6 is 0 Å². The summed E-state index contributed by atoms with van der Waals surface area (Å²) in [7, 11) is 0. The van der Waals surface area contributed by atoms with Gasteiger partial charge >= 0.3 is 12.1 Å². The molecule has 2 aromatic carbocycles. The van der Waals surface area contributed by atoms with Crippen LogP contribution in [0.1, 0.15) is 36.3 Å². The Hall–Kier alpha value is -4.14. The monoisotopic (exact) mass is 474 g/mol. The summed E-state index contributed by atoms with van der Waals surface area (Å²) in [5, 5.41) is 18.8. The Morgan fingerprint density at radius 3 is 2.40 bits per heavy atom. The van der Waals surface area contributed by atoms with Gasteiger partial charge in [0, 0.05) is 18.2 Å². The van der Waals surface area contributed by atoms with E-state index in [1.165, 1.54) is 17.1 Å². The Labute approximate surface area is 202 Å². The average Bonchev–Trinajstić information content (AvgIpc) is 3.56. The summed E-state index contributed by atoms with van der Waals surface area (Å²) in [6.45, 7) is 0.123. The predicted molar refractivity (Wildman–Crippen MR) is 128 cm³/mol. The largest absolute Gasteiger partial charge is 0.481 e. The van der Waals surface area contributed by atoms with E-state index in [1.807, 2.05) is 24.3 Å². The molecule has 0 unspecified atom stereocenters. The standard InChI is InChI=1S/C26H26N4O5/c31-24(29-23-11-5-10-21(23)25(32)33)14-30-13-16(12-27-30)28-26(34)35-15-22-19-8-3-1-6-17(19)18-7-2-4-9-20(18)22/h1-4,6-9,12-13,21-23H,5,10-11,14-15H2,(H,28,34)(H,29,31)(H,32,33)/t21-,23+/m1/s1. The van der Waals surface area contributed by atoms with Gasteiger partial charge in [-0.05, 0) is 35.1 Å². The van der Waals surface area contributed by atoms with Crippen molar-refractivity contribution in [3.05, 3.63) is 72.1 Å². The van der Waals surface area contributed by atoms with Crippen LogP contribution < -0.4 is 10.6 Å². The Kier molecular flexibility index (Phi) is 6.22. The van der Waals surface area contributed by atoms with E-state index in [9.17, 15) is 19.5 Å². The average molecular weight is 475 g/mol. The van der Waals surface area contributed by atoms with Crippen molar-refractivity contribution in [2.24, 2.45) is 5.92 Å². The molecule has 180 valence electrons. The lowest BCUT2D eigenvalue weighted by atomic mass is 9.98. The smallest absolute Gasteiger partial charge is 0.411 e. The molecule has 9 heteroatoms. The van der Waals surface area contributed by atoms with Crippen LogP contribution in [0.2, 0.25) is 0 Å². The minimum atomic E-state index is -0.888. The Morgan fingerprint density at radius 1 is 1.03 bits per heavy atom. The third kappa shape index (κ3) is 4.75. The number of amides is 2. The zero-order valence-electron chi connectivity index (χ0n) is 19.0. The van der Waals surface area contributed by atoms with Crippen molar-refractivity contribution in [3.8, 4) is 11.1 Å². The molecule has 2 atom stereocenters. The predicted octanol–water partition coefficient (Wildman–Crippen LogP) is 3.61. The third-order valence-corrected chi connectivity index (χ3v) is 6.71. The van der Waals surface area contributed by atoms with Crippen LogP contribution in [0.25, 0.3) is 11.1 Å². The summed E-state index contributed by atoms with van der Waals surface area (Å²) in [5.74, 6) is -1.80. The van der Waals surface area contributed by atoms with E-state index in [4.69, 9.17) is 4.74 Å². The summed E-state index contributed by atoms with van der Waals surface area (Å²) < 4.78 is 6.92. The first-order chi connectivity index (χ1) is 17.0. The van der Waals surface area contributed by atoms with Crippen LogP contribution in [0.4, 0.5) is 10.5 Å². The second-order valence-electron chi connectivity index (χ2n) is 8.93. The zero-order valence-corrected chi connectivity index (χ0v) is 19.0. The number of carboxylic acid groups (broad SMARTS) is 1. The Bertz CT molecular complexity index is 1220. The maximum atomic E-state index is 12.4. The summed E-state index contributed by atoms with van der Waals surface area (Å²) in [5.41, 5.74) is 4.98. The minimum absolute atomic E-state index is 0.0372. The van der Waals surface area contributed by atoms with E-state index in [0.29, 0.717) is 18.5 Å². The quantitative estimate of drug-likeness (QED) is 0.481. The Balaban J connectivity index is 1.15. The van der Waals surface area contributed by atoms with Crippen molar-refractivity contribution in [2.45, 2.75) is 37.8 Å². The van der Waals surface area contributed by atoms with Crippen LogP contribution in [0, 0.1) is 5.92 Å². The van der Waals surface area contributed by atoms with Crippen LogP contribution in [0.15, 0.2) is 60.9 Å². The number of benzene rings is 2. The molecule has 0 bridgehead atoms. The van der Waals surface area contributed by atoms with Crippen molar-refractivity contribution in [1.29, 1.82) is 0 Å². The number of hydrogen-bond acceptors (Lipinski definition) is 5. The molecule has 0 saturated heterocycles. The highest BCUT2D eigenvalue weighted by Crippen LogP contribution is 2.44. The number of rotatable bonds is 7. The fourth-order valence-corrected chi connectivity index (χ4v) is 5.09. The van der Waals surface area contributed by atoms with Gasteiger partial charge < -0.3 is 15.2 Å². The molecule has 2 aliphatic rings. The molecule has 1 heterocycles. The molecule has 0 aliphatic heterocycles. The molecule has 5 rings (SSSR count). The number of fused-ring (bicyclic) bond motifs is 3. The molecule has 3 aromatic rings. The van der Waals surface area contributed by atoms with Gasteiger partial charge in [0.05, 0.1) is 17.8 Å². The van der Waals surface area contributed by atoms with E-state index in [1.54, 1.807) is 0 Å². The highest BCUT2D eigenvalue weighted by Gasteiger charge is 2.34. The topological polar surface area (TPSA) is 123 Å². The lowest BCUT2D eigenvalue weighted by Crippen LogP contribution is -2.41. The maximum absolute atomic E-state index is 12.4. The molecule has 35 heavy (non-hydrogen) atoms. The van der Waals surface area contributed by atoms with E-state index in [0.717, 1.165) is 28.7 Å². The number of ether oxygens (including phenoxy) is 1. The summed E-state index contributed by atoms with van der Waals surface area (Å²) in [4.78, 5) is 36.1. The van der Waals surface area contributed by atoms with Gasteiger partial charge in [0.1, 0.15) is 13.2 Å². The van der Waals surface area contributed by atoms with E-state index in [2.05, 4.69) is 40.0 Å². The second-order valence-corrected chi connectivity index (χ2v) is 8.93. The van der Waals surface area contributed by atoms with Gasteiger partial charge in [-0.25, -0.2) is 4.79 Å². The molecule has 2 amide bonds. The number of carbonyl (C=O) groups is 3. The zero-order chi connectivity index (χ0) is 24.4. The van der Waals surface area contributed by atoms with Gasteiger partial charge in [0.2, 0.25) is 5.91 Å². The first-order valence-electron chi connectivity index (χ1n) is 11.7. The van der Waals surface area contributed by atoms with Crippen LogP contribution in [-0.2, 0) is 20.9 Å². The van der Waals surface area contributed by atoms with Crippen LogP contribution in [0.5, 0.6) is 0 Å². The molecule has 1 saturated carbocycles. The summed E-state index contributed by atoms with van der Waals surface area (Å²) in [6, 6.07) is 15.9. The third-order valence-electron chi connectivity index (χ3n) is 6.71. The number of nitrogens with zero attached hydrogens (tertiary/aromatic N) is 2. The molecule has 2 aliphatic carbocycles. The maximum Gasteiger partial charge on any atom is 0.411 e. The van der Waals surface area contributed by atoms with Gasteiger partial charge in [-0.2, -0.15) is 5.10 Å². The summed E-state index contributed by atoms with van der Waals surface area (Å²) in [6.07, 6.45) is 4.35. The number of anilines is 1. The van der Waals surface area contributed by atoms with Crippen molar-refractivity contribution >= 4 is 23.7 Å². The van der Waals surface area contributed by atoms with Crippen LogP contribution in [-0.4, -0.2) is 45.5 Å². The number of carboxylic acids is 1. The normalized spacial score (nSPS) is 18.5. The molecular formula is C26H26N4O5. The van der Waals surface area contributed by atoms with Gasteiger partial charge in [-0.3, -0.25) is 19.6 Å². The SMILES string of the molecule is O=C(Cn1cc(NC(=O)OCC2c3ccccc3-c3ccccc32)cn1)N[C@H]1CCC[C@H]1C(=O)O. The number of aliphatic carboxylic acids is 1. The minimum Gasteiger partial charge on any atom is -0.481 e. The molecular weight excluding hydrogens is 448 g/mol. The lowest BCUT2D eigenvalue weighted by Gasteiger charge is -2.17. The number of carbonyl (C=O) groups excluding carboxylic acids is 2. The van der Waals surface area contributed by atoms with Gasteiger partial charge in [0.25, 0.3) is 0 Å². The second kappa shape index (κ2) is 9.61. The number of nitrogens with one attached hydrogen (secondary N) is 2. The van der Waals surface area contributed by atoms with Crippen LogP contribution in [0.3, 0.4) is 0 Å². The van der Waals surface area contributed by atoms with E-state index in [-0.39, 0.29) is 31.0 Å². The lowest BCUT2D eigenvalue weighted by molar-refractivity contribution is -0.142. The molecule has 1 aromatic heterocycles. The highest BCUT2D eigenvalue weighted by molar-refractivity contribution is 5.85. The first kappa shape index (κ1) is 22.6. The molecule has 0 spiro atoms. The number of aromatic nitrogens is 2. The van der Waals surface area contributed by atoms with Crippen molar-refractivity contribution in [3.63, 3.8) is 0 Å². The van der Waals surface area contributed by atoms with E-state index >= 15 is 0 Å². The van der Waals surface area contributed by atoms with Gasteiger partial charge in [-0.1, -0.05) is 55.0 Å².